The molecule has 1 heterocycles. The van der Waals surface area contributed by atoms with E-state index in [4.69, 9.17) is 16.2 Å². The largest absolute Gasteiger partial charge is 0.395 e. The predicted molar refractivity (Wildman–Crippen MR) is 62.0 cm³/mol. The van der Waals surface area contributed by atoms with Gasteiger partial charge in [-0.2, -0.15) is 0 Å². The van der Waals surface area contributed by atoms with Crippen LogP contribution in [0.5, 0.6) is 0 Å². The number of likely N-dealkylation sites (tertiary alicyclic amines) is 1. The molecule has 1 saturated heterocycles. The molecule has 88 valence electrons. The van der Waals surface area contributed by atoms with E-state index >= 15 is 0 Å². The minimum absolute atomic E-state index is 0.220. The fourth-order valence-corrected chi connectivity index (χ4v) is 1.95. The zero-order valence-corrected chi connectivity index (χ0v) is 9.79. The molecule has 1 fully saturated rings. The van der Waals surface area contributed by atoms with Crippen LogP contribution < -0.4 is 5.73 Å². The Bertz CT molecular complexity index is 228. The highest BCUT2D eigenvalue weighted by atomic mass is 16.3. The molecule has 1 rings (SSSR count). The smallest absolute Gasteiger partial charge is 0.0963 e. The van der Waals surface area contributed by atoms with Crippen LogP contribution in [0.25, 0.3) is 0 Å². The van der Waals surface area contributed by atoms with Crippen molar-refractivity contribution in [1.82, 2.24) is 4.90 Å². The number of hydrogen-bond donors (Lipinski definition) is 3. The van der Waals surface area contributed by atoms with Gasteiger partial charge in [0.2, 0.25) is 0 Å². The van der Waals surface area contributed by atoms with Crippen molar-refractivity contribution < 1.29 is 5.11 Å². The standard InChI is InChI=1S/C11H23N3O/c1-11(2,10(12)13)5-7-14-6-3-4-9(14)8-15/h9,15H,3-8H2,1-2H3,(H3,12,13). The molecule has 4 heteroatoms. The van der Waals surface area contributed by atoms with Crippen LogP contribution in [0.15, 0.2) is 0 Å². The highest BCUT2D eigenvalue weighted by Crippen LogP contribution is 2.23. The van der Waals surface area contributed by atoms with E-state index in [2.05, 4.69) is 4.90 Å². The number of amidine groups is 1. The molecule has 0 saturated carbocycles. The third-order valence-corrected chi connectivity index (χ3v) is 3.46. The molecule has 0 aliphatic carbocycles. The molecule has 1 unspecified atom stereocenters. The second-order valence-electron chi connectivity index (χ2n) is 5.06. The van der Waals surface area contributed by atoms with E-state index in [1.165, 1.54) is 6.42 Å². The van der Waals surface area contributed by atoms with Gasteiger partial charge in [0.1, 0.15) is 0 Å². The Balaban J connectivity index is 2.39. The van der Waals surface area contributed by atoms with Gasteiger partial charge in [-0.3, -0.25) is 10.3 Å². The van der Waals surface area contributed by atoms with Crippen molar-refractivity contribution in [3.63, 3.8) is 0 Å². The van der Waals surface area contributed by atoms with Crippen LogP contribution in [0, 0.1) is 10.8 Å². The first-order valence-electron chi connectivity index (χ1n) is 5.67. The first-order chi connectivity index (χ1) is 6.97. The van der Waals surface area contributed by atoms with Gasteiger partial charge in [0, 0.05) is 11.5 Å². The van der Waals surface area contributed by atoms with Crippen molar-refractivity contribution in [2.24, 2.45) is 11.1 Å². The molecule has 0 aromatic rings. The Morgan fingerprint density at radius 1 is 1.60 bits per heavy atom. The second kappa shape index (κ2) is 4.94. The summed E-state index contributed by atoms with van der Waals surface area (Å²) < 4.78 is 0. The molecule has 0 radical (unpaired) electrons. The van der Waals surface area contributed by atoms with Gasteiger partial charge in [0.25, 0.3) is 0 Å². The van der Waals surface area contributed by atoms with Gasteiger partial charge >= 0.3 is 0 Å². The predicted octanol–water partition coefficient (Wildman–Crippen LogP) is 0.795. The van der Waals surface area contributed by atoms with Crippen LogP contribution in [0.3, 0.4) is 0 Å². The monoisotopic (exact) mass is 213 g/mol. The molecule has 4 nitrogen and oxygen atoms in total. The normalized spacial score (nSPS) is 23.3. The van der Waals surface area contributed by atoms with E-state index in [-0.39, 0.29) is 17.9 Å². The number of nitrogens with two attached hydrogens (primary N) is 1. The molecule has 0 aromatic heterocycles. The average molecular weight is 213 g/mol. The van der Waals surface area contributed by atoms with E-state index in [1.54, 1.807) is 0 Å². The summed E-state index contributed by atoms with van der Waals surface area (Å²) >= 11 is 0. The molecule has 1 atom stereocenters. The molecule has 4 N–H and O–H groups in total. The lowest BCUT2D eigenvalue weighted by atomic mass is 9.88. The Labute approximate surface area is 92.0 Å². The maximum absolute atomic E-state index is 9.17. The number of rotatable bonds is 5. The summed E-state index contributed by atoms with van der Waals surface area (Å²) in [4.78, 5) is 2.31. The Morgan fingerprint density at radius 3 is 2.80 bits per heavy atom. The zero-order chi connectivity index (χ0) is 11.5. The summed E-state index contributed by atoms with van der Waals surface area (Å²) in [5.41, 5.74) is 5.32. The van der Waals surface area contributed by atoms with Crippen molar-refractivity contribution in [3.05, 3.63) is 0 Å². The molecule has 15 heavy (non-hydrogen) atoms. The van der Waals surface area contributed by atoms with Crippen molar-refractivity contribution in [1.29, 1.82) is 5.41 Å². The SMILES string of the molecule is CC(C)(CCN1CCCC1CO)C(=N)N. The topological polar surface area (TPSA) is 73.3 Å². The van der Waals surface area contributed by atoms with Crippen LogP contribution in [-0.4, -0.2) is 41.6 Å². The summed E-state index contributed by atoms with van der Waals surface area (Å²) in [6.07, 6.45) is 3.15. The number of aliphatic hydroxyl groups excluding tert-OH is 1. The van der Waals surface area contributed by atoms with E-state index in [9.17, 15) is 0 Å². The van der Waals surface area contributed by atoms with Crippen LogP contribution in [0.4, 0.5) is 0 Å². The number of nitrogens with one attached hydrogen (secondary N) is 1. The van der Waals surface area contributed by atoms with Crippen molar-refractivity contribution >= 4 is 5.84 Å². The van der Waals surface area contributed by atoms with Gasteiger partial charge in [-0.25, -0.2) is 0 Å². The van der Waals surface area contributed by atoms with Gasteiger partial charge in [-0.15, -0.1) is 0 Å². The lowest BCUT2D eigenvalue weighted by Crippen LogP contribution is -2.38. The molecule has 1 aliphatic rings. The first kappa shape index (κ1) is 12.5. The molecule has 0 spiro atoms. The fraction of sp³-hybridized carbons (Fsp3) is 0.909. The van der Waals surface area contributed by atoms with Crippen molar-refractivity contribution in [2.75, 3.05) is 19.7 Å². The number of aliphatic hydroxyl groups is 1. The minimum atomic E-state index is -0.220. The Morgan fingerprint density at radius 2 is 2.27 bits per heavy atom. The summed E-state index contributed by atoms with van der Waals surface area (Å²) in [6, 6.07) is 0.327. The zero-order valence-electron chi connectivity index (χ0n) is 9.79. The van der Waals surface area contributed by atoms with Gasteiger partial charge in [0.15, 0.2) is 0 Å². The third kappa shape index (κ3) is 3.18. The molecule has 0 amide bonds. The lowest BCUT2D eigenvalue weighted by Gasteiger charge is -2.28. The molecular weight excluding hydrogens is 190 g/mol. The number of hydrogen-bond acceptors (Lipinski definition) is 3. The van der Waals surface area contributed by atoms with Crippen LogP contribution >= 0.6 is 0 Å². The molecule has 0 bridgehead atoms. The summed E-state index contributed by atoms with van der Waals surface area (Å²) in [6.45, 7) is 6.25. The molecule has 0 aromatic carbocycles. The summed E-state index contributed by atoms with van der Waals surface area (Å²) in [7, 11) is 0. The minimum Gasteiger partial charge on any atom is -0.395 e. The number of nitrogens with zero attached hydrogens (tertiary/aromatic N) is 1. The van der Waals surface area contributed by atoms with Crippen LogP contribution in [0.2, 0.25) is 0 Å². The van der Waals surface area contributed by atoms with E-state index < -0.39 is 0 Å². The third-order valence-electron chi connectivity index (χ3n) is 3.46. The summed E-state index contributed by atoms with van der Waals surface area (Å²) in [5, 5.41) is 16.6. The van der Waals surface area contributed by atoms with Gasteiger partial charge in [0.05, 0.1) is 12.4 Å². The average Bonchev–Trinajstić information content (AvgIpc) is 2.61. The first-order valence-corrected chi connectivity index (χ1v) is 5.67. The van der Waals surface area contributed by atoms with E-state index in [1.807, 2.05) is 13.8 Å². The highest BCUT2D eigenvalue weighted by Gasteiger charge is 2.27. The highest BCUT2D eigenvalue weighted by molar-refractivity contribution is 5.82. The second-order valence-corrected chi connectivity index (χ2v) is 5.06. The summed E-state index contributed by atoms with van der Waals surface area (Å²) in [5.74, 6) is 0.252. The van der Waals surface area contributed by atoms with Crippen molar-refractivity contribution in [2.45, 2.75) is 39.2 Å². The quantitative estimate of drug-likeness (QED) is 0.467. The van der Waals surface area contributed by atoms with Crippen LogP contribution in [0.1, 0.15) is 33.1 Å². The lowest BCUT2D eigenvalue weighted by molar-refractivity contribution is 0.150. The van der Waals surface area contributed by atoms with Gasteiger partial charge in [-0.05, 0) is 32.4 Å². The molecular formula is C11H23N3O. The Hall–Kier alpha value is -0.610. The maximum atomic E-state index is 9.17. The molecule has 1 aliphatic heterocycles. The van der Waals surface area contributed by atoms with Crippen molar-refractivity contribution in [3.8, 4) is 0 Å². The van der Waals surface area contributed by atoms with E-state index in [0.29, 0.717) is 6.04 Å². The van der Waals surface area contributed by atoms with Gasteiger partial charge in [-0.1, -0.05) is 13.8 Å². The van der Waals surface area contributed by atoms with E-state index in [0.717, 1.165) is 25.9 Å². The van der Waals surface area contributed by atoms with Gasteiger partial charge < -0.3 is 10.8 Å². The fourth-order valence-electron chi connectivity index (χ4n) is 1.95. The Kier molecular flexibility index (Phi) is 4.11. The maximum Gasteiger partial charge on any atom is 0.0963 e. The van der Waals surface area contributed by atoms with Crippen LogP contribution in [-0.2, 0) is 0 Å².